The Kier molecular flexibility index (Phi) is 3.53. The molecule has 2 bridgehead atoms. The summed E-state index contributed by atoms with van der Waals surface area (Å²) in [5, 5.41) is 12.8. The summed E-state index contributed by atoms with van der Waals surface area (Å²) in [5.74, 6) is 0.843. The summed E-state index contributed by atoms with van der Waals surface area (Å²) in [6.07, 6.45) is 2.33. The van der Waals surface area contributed by atoms with Gasteiger partial charge in [0.15, 0.2) is 11.5 Å². The third kappa shape index (κ3) is 2.45. The highest BCUT2D eigenvalue weighted by atomic mass is 16.5. The molecule has 108 valence electrons. The number of hydrogen-bond donors (Lipinski definition) is 2. The number of fused-ring (bicyclic) bond motifs is 3. The Morgan fingerprint density at radius 3 is 2.70 bits per heavy atom. The molecular formula is C15H20N2O3. The quantitative estimate of drug-likeness (QED) is 0.871. The van der Waals surface area contributed by atoms with E-state index in [-0.39, 0.29) is 17.7 Å². The first-order valence-electron chi connectivity index (χ1n) is 7.07. The number of ether oxygens (including phenoxy) is 1. The van der Waals surface area contributed by atoms with Crippen LogP contribution in [0.4, 0.5) is 0 Å². The van der Waals surface area contributed by atoms with Crippen LogP contribution in [0, 0.1) is 5.92 Å². The Hall–Kier alpha value is -1.75. The van der Waals surface area contributed by atoms with Crippen LogP contribution in [0.25, 0.3) is 0 Å². The van der Waals surface area contributed by atoms with Gasteiger partial charge in [-0.1, -0.05) is 0 Å². The molecule has 3 aliphatic heterocycles. The maximum Gasteiger partial charge on any atom is 0.251 e. The minimum Gasteiger partial charge on any atom is -0.504 e. The van der Waals surface area contributed by atoms with Crippen molar-refractivity contribution in [1.29, 1.82) is 0 Å². The molecule has 5 heteroatoms. The normalized spacial score (nSPS) is 28.1. The van der Waals surface area contributed by atoms with Gasteiger partial charge in [-0.15, -0.1) is 0 Å². The van der Waals surface area contributed by atoms with E-state index in [0.717, 1.165) is 19.6 Å². The van der Waals surface area contributed by atoms with Crippen LogP contribution in [-0.4, -0.2) is 48.7 Å². The van der Waals surface area contributed by atoms with Gasteiger partial charge in [-0.2, -0.15) is 0 Å². The van der Waals surface area contributed by atoms with E-state index < -0.39 is 0 Å². The molecule has 1 amide bonds. The van der Waals surface area contributed by atoms with Crippen LogP contribution < -0.4 is 10.1 Å². The van der Waals surface area contributed by atoms with E-state index in [1.54, 1.807) is 12.1 Å². The van der Waals surface area contributed by atoms with Crippen molar-refractivity contribution in [3.05, 3.63) is 23.8 Å². The van der Waals surface area contributed by atoms with Gasteiger partial charge in [0.05, 0.1) is 7.11 Å². The van der Waals surface area contributed by atoms with Crippen LogP contribution in [0.5, 0.6) is 11.5 Å². The molecule has 0 radical (unpaired) electrons. The van der Waals surface area contributed by atoms with Crippen molar-refractivity contribution in [1.82, 2.24) is 10.2 Å². The Bertz CT molecular complexity index is 510. The lowest BCUT2D eigenvalue weighted by molar-refractivity contribution is 0.0620. The summed E-state index contributed by atoms with van der Waals surface area (Å²) in [6.45, 7) is 3.25. The van der Waals surface area contributed by atoms with E-state index in [2.05, 4.69) is 10.2 Å². The molecular weight excluding hydrogens is 256 g/mol. The molecule has 5 nitrogen and oxygen atoms in total. The van der Waals surface area contributed by atoms with E-state index in [1.807, 2.05) is 0 Å². The summed E-state index contributed by atoms with van der Waals surface area (Å²) in [5.41, 5.74) is 0.472. The molecule has 3 saturated heterocycles. The number of methoxy groups -OCH3 is 1. The number of piperidine rings is 3. The predicted octanol–water partition coefficient (Wildman–Crippen LogP) is 1.22. The standard InChI is InChI=1S/C15H20N2O3/c1-20-14-3-2-11(8-13(14)18)15(19)16-12-9-17-6-4-10(12)5-7-17/h2-3,8,10,12,18H,4-7,9H2,1H3,(H,16,19). The zero-order chi connectivity index (χ0) is 14.1. The van der Waals surface area contributed by atoms with E-state index in [0.29, 0.717) is 17.2 Å². The lowest BCUT2D eigenvalue weighted by atomic mass is 9.84. The smallest absolute Gasteiger partial charge is 0.251 e. The minimum absolute atomic E-state index is 0.00550. The van der Waals surface area contributed by atoms with Crippen LogP contribution in [-0.2, 0) is 0 Å². The maximum atomic E-state index is 12.3. The average molecular weight is 276 g/mol. The second-order valence-electron chi connectivity index (χ2n) is 5.60. The third-order valence-electron chi connectivity index (χ3n) is 4.41. The van der Waals surface area contributed by atoms with Crippen LogP contribution in [0.3, 0.4) is 0 Å². The number of rotatable bonds is 3. The topological polar surface area (TPSA) is 61.8 Å². The van der Waals surface area contributed by atoms with Crippen molar-refractivity contribution in [2.24, 2.45) is 5.92 Å². The first-order chi connectivity index (χ1) is 9.67. The Morgan fingerprint density at radius 2 is 2.15 bits per heavy atom. The van der Waals surface area contributed by atoms with Crippen LogP contribution in [0.1, 0.15) is 23.2 Å². The van der Waals surface area contributed by atoms with E-state index in [9.17, 15) is 9.90 Å². The number of nitrogens with one attached hydrogen (secondary N) is 1. The lowest BCUT2D eigenvalue weighted by Crippen LogP contribution is -2.57. The Morgan fingerprint density at radius 1 is 1.40 bits per heavy atom. The third-order valence-corrected chi connectivity index (χ3v) is 4.41. The van der Waals surface area contributed by atoms with Gasteiger partial charge in [0.25, 0.3) is 5.91 Å². The monoisotopic (exact) mass is 276 g/mol. The number of aromatic hydroxyl groups is 1. The summed E-state index contributed by atoms with van der Waals surface area (Å²) in [4.78, 5) is 14.7. The molecule has 0 saturated carbocycles. The second kappa shape index (κ2) is 5.32. The molecule has 1 aromatic carbocycles. The van der Waals surface area contributed by atoms with Crippen LogP contribution in [0.2, 0.25) is 0 Å². The zero-order valence-electron chi connectivity index (χ0n) is 11.6. The molecule has 3 fully saturated rings. The van der Waals surface area contributed by atoms with Crippen molar-refractivity contribution in [3.8, 4) is 11.5 Å². The number of hydrogen-bond acceptors (Lipinski definition) is 4. The number of carbonyl (C=O) groups is 1. The van der Waals surface area contributed by atoms with Crippen molar-refractivity contribution >= 4 is 5.91 Å². The zero-order valence-corrected chi connectivity index (χ0v) is 11.6. The highest BCUT2D eigenvalue weighted by molar-refractivity contribution is 5.95. The molecule has 3 heterocycles. The first kappa shape index (κ1) is 13.2. The largest absolute Gasteiger partial charge is 0.504 e. The SMILES string of the molecule is COc1ccc(C(=O)NC2CN3CCC2CC3)cc1O. The molecule has 3 aliphatic rings. The fourth-order valence-electron chi connectivity index (χ4n) is 3.21. The van der Waals surface area contributed by atoms with Crippen molar-refractivity contribution < 1.29 is 14.6 Å². The second-order valence-corrected chi connectivity index (χ2v) is 5.60. The number of phenolic OH excluding ortho intramolecular Hbond substituents is 1. The van der Waals surface area contributed by atoms with Gasteiger partial charge >= 0.3 is 0 Å². The fourth-order valence-corrected chi connectivity index (χ4v) is 3.21. The summed E-state index contributed by atoms with van der Waals surface area (Å²) in [7, 11) is 1.49. The van der Waals surface area contributed by atoms with E-state index >= 15 is 0 Å². The highest BCUT2D eigenvalue weighted by Crippen LogP contribution is 2.29. The van der Waals surface area contributed by atoms with Crippen LogP contribution in [0.15, 0.2) is 18.2 Å². The number of benzene rings is 1. The van der Waals surface area contributed by atoms with Gasteiger partial charge in [-0.25, -0.2) is 0 Å². The summed E-state index contributed by atoms with van der Waals surface area (Å²) < 4.78 is 4.98. The number of nitrogens with zero attached hydrogens (tertiary/aromatic N) is 1. The molecule has 2 N–H and O–H groups in total. The van der Waals surface area contributed by atoms with Gasteiger partial charge in [0.1, 0.15) is 0 Å². The van der Waals surface area contributed by atoms with E-state index in [4.69, 9.17) is 4.74 Å². The Balaban J connectivity index is 1.68. The van der Waals surface area contributed by atoms with Crippen molar-refractivity contribution in [2.75, 3.05) is 26.7 Å². The number of carbonyl (C=O) groups excluding carboxylic acids is 1. The molecule has 20 heavy (non-hydrogen) atoms. The minimum atomic E-state index is -0.123. The van der Waals surface area contributed by atoms with Crippen LogP contribution >= 0.6 is 0 Å². The van der Waals surface area contributed by atoms with Gasteiger partial charge in [-0.05, 0) is 50.0 Å². The molecule has 0 aromatic heterocycles. The summed E-state index contributed by atoms with van der Waals surface area (Å²) >= 11 is 0. The van der Waals surface area contributed by atoms with E-state index in [1.165, 1.54) is 26.0 Å². The molecule has 1 unspecified atom stereocenters. The molecule has 1 atom stereocenters. The lowest BCUT2D eigenvalue weighted by Gasteiger charge is -2.44. The Labute approximate surface area is 118 Å². The number of phenols is 1. The predicted molar refractivity (Wildman–Crippen MR) is 75.1 cm³/mol. The highest BCUT2D eigenvalue weighted by Gasteiger charge is 2.34. The van der Waals surface area contributed by atoms with Crippen molar-refractivity contribution in [3.63, 3.8) is 0 Å². The summed E-state index contributed by atoms with van der Waals surface area (Å²) in [6, 6.07) is 4.97. The average Bonchev–Trinajstić information content (AvgIpc) is 2.48. The maximum absolute atomic E-state index is 12.3. The fraction of sp³-hybridized carbons (Fsp3) is 0.533. The first-order valence-corrected chi connectivity index (χ1v) is 7.07. The molecule has 0 aliphatic carbocycles. The molecule has 4 rings (SSSR count). The van der Waals surface area contributed by atoms with Gasteiger partial charge in [0, 0.05) is 18.2 Å². The molecule has 0 spiro atoms. The molecule has 1 aromatic rings. The number of amides is 1. The van der Waals surface area contributed by atoms with Gasteiger partial charge in [-0.3, -0.25) is 4.79 Å². The van der Waals surface area contributed by atoms with Crippen molar-refractivity contribution in [2.45, 2.75) is 18.9 Å². The van der Waals surface area contributed by atoms with Gasteiger partial charge < -0.3 is 20.1 Å². The van der Waals surface area contributed by atoms with Gasteiger partial charge in [0.2, 0.25) is 0 Å².